The Kier molecular flexibility index (Phi) is 3.39. The Morgan fingerprint density at radius 1 is 1.24 bits per heavy atom. The molecule has 0 aromatic rings. The van der Waals surface area contributed by atoms with E-state index in [9.17, 15) is 15.0 Å². The molecule has 0 unspecified atom stereocenters. The van der Waals surface area contributed by atoms with E-state index in [4.69, 9.17) is 4.74 Å². The highest BCUT2D eigenvalue weighted by atomic mass is 16.6. The fourth-order valence-corrected chi connectivity index (χ4v) is 8.33. The molecule has 25 heavy (non-hydrogen) atoms. The van der Waals surface area contributed by atoms with Crippen LogP contribution in [0, 0.1) is 40.4 Å². The van der Waals surface area contributed by atoms with Crippen LogP contribution in [0.5, 0.6) is 0 Å². The summed E-state index contributed by atoms with van der Waals surface area (Å²) in [6.07, 6.45) is 6.89. The molecule has 4 heteroatoms. The van der Waals surface area contributed by atoms with E-state index in [0.29, 0.717) is 48.9 Å². The van der Waals surface area contributed by atoms with E-state index in [0.717, 1.165) is 32.1 Å². The quantitative estimate of drug-likeness (QED) is 0.765. The van der Waals surface area contributed by atoms with Crippen molar-refractivity contribution in [3.63, 3.8) is 0 Å². The number of carbonyl (C=O) groups is 1. The standard InChI is InChI=1S/C21H32O4/c1-3-14-17(22)9-16-13-5-4-12-8-18(23)21(24)10-20(12,11-25-21)15(13)6-7-19(14,16)2/h12-16,18,23-24H,3-11H2,1-2H3/t12-,13-,14-,15-,16-,18+,19+,20+,21-/m0/s1. The largest absolute Gasteiger partial charge is 0.388 e. The molecule has 5 fully saturated rings. The predicted octanol–water partition coefficient (Wildman–Crippen LogP) is 2.90. The number of ether oxygens (including phenoxy) is 1. The van der Waals surface area contributed by atoms with Gasteiger partial charge in [-0.05, 0) is 67.6 Å². The summed E-state index contributed by atoms with van der Waals surface area (Å²) in [6.45, 7) is 5.15. The molecule has 5 aliphatic rings. The van der Waals surface area contributed by atoms with Gasteiger partial charge in [0, 0.05) is 24.2 Å². The Bertz CT molecular complexity index is 605. The molecule has 2 N–H and O–H groups in total. The Morgan fingerprint density at radius 2 is 2.04 bits per heavy atom. The van der Waals surface area contributed by atoms with Crippen LogP contribution in [0.25, 0.3) is 0 Å². The van der Waals surface area contributed by atoms with Crippen LogP contribution in [-0.4, -0.2) is 34.5 Å². The van der Waals surface area contributed by atoms with Gasteiger partial charge in [0.1, 0.15) is 11.9 Å². The molecule has 0 aromatic carbocycles. The summed E-state index contributed by atoms with van der Waals surface area (Å²) < 4.78 is 5.82. The van der Waals surface area contributed by atoms with Crippen LogP contribution in [0.1, 0.15) is 65.2 Å². The molecule has 1 aliphatic heterocycles. The van der Waals surface area contributed by atoms with Crippen molar-refractivity contribution in [2.45, 2.75) is 77.1 Å². The summed E-state index contributed by atoms with van der Waals surface area (Å²) in [5.41, 5.74) is 0.214. The van der Waals surface area contributed by atoms with E-state index in [-0.39, 0.29) is 16.7 Å². The van der Waals surface area contributed by atoms with Gasteiger partial charge in [0.15, 0.2) is 5.79 Å². The van der Waals surface area contributed by atoms with Crippen molar-refractivity contribution in [1.82, 2.24) is 0 Å². The van der Waals surface area contributed by atoms with E-state index in [1.807, 2.05) is 0 Å². The lowest BCUT2D eigenvalue weighted by Gasteiger charge is -2.60. The molecule has 4 saturated carbocycles. The molecule has 0 radical (unpaired) electrons. The van der Waals surface area contributed by atoms with Gasteiger partial charge in [0.05, 0.1) is 6.61 Å². The zero-order valence-electron chi connectivity index (χ0n) is 15.5. The molecule has 2 bridgehead atoms. The second-order valence-electron chi connectivity index (χ2n) is 10.1. The highest BCUT2D eigenvalue weighted by molar-refractivity contribution is 5.84. The number of aliphatic hydroxyl groups is 2. The van der Waals surface area contributed by atoms with Gasteiger partial charge in [0.2, 0.25) is 0 Å². The van der Waals surface area contributed by atoms with Crippen LogP contribution in [0.4, 0.5) is 0 Å². The van der Waals surface area contributed by atoms with Gasteiger partial charge >= 0.3 is 0 Å². The van der Waals surface area contributed by atoms with Crippen molar-refractivity contribution >= 4 is 5.78 Å². The normalized spacial score (nSPS) is 60.1. The Morgan fingerprint density at radius 3 is 2.80 bits per heavy atom. The second kappa shape index (κ2) is 5.08. The molecule has 4 aliphatic carbocycles. The highest BCUT2D eigenvalue weighted by Crippen LogP contribution is 2.69. The number of Topliss-reactive ketones (excluding diaryl/α,β-unsaturated/α-hetero) is 1. The summed E-state index contributed by atoms with van der Waals surface area (Å²) in [5.74, 6) is 1.55. The van der Waals surface area contributed by atoms with E-state index >= 15 is 0 Å². The molecular weight excluding hydrogens is 316 g/mol. The maximum atomic E-state index is 12.7. The lowest BCUT2D eigenvalue weighted by molar-refractivity contribution is -0.242. The third-order valence-corrected chi connectivity index (χ3v) is 9.49. The molecule has 0 amide bonds. The second-order valence-corrected chi connectivity index (χ2v) is 10.1. The Labute approximate surface area is 150 Å². The monoisotopic (exact) mass is 348 g/mol. The maximum absolute atomic E-state index is 12.7. The van der Waals surface area contributed by atoms with Crippen molar-refractivity contribution in [3.05, 3.63) is 0 Å². The third-order valence-electron chi connectivity index (χ3n) is 9.49. The van der Waals surface area contributed by atoms with Crippen LogP contribution >= 0.6 is 0 Å². The van der Waals surface area contributed by atoms with Crippen LogP contribution in [0.15, 0.2) is 0 Å². The SMILES string of the molecule is CC[C@H]1C(=O)C[C@H]2[C@H]3CC[C@H]4C[C@@H](O)[C@]5(O)C[C@]4(CO5)[C@H]3CC[C@]12C. The molecule has 4 nitrogen and oxygen atoms in total. The zero-order valence-corrected chi connectivity index (χ0v) is 15.5. The molecule has 140 valence electrons. The minimum absolute atomic E-state index is 0.0333. The topological polar surface area (TPSA) is 66.8 Å². The predicted molar refractivity (Wildman–Crippen MR) is 92.5 cm³/mol. The van der Waals surface area contributed by atoms with Crippen molar-refractivity contribution in [2.75, 3.05) is 6.61 Å². The molecule has 0 aromatic heterocycles. The lowest BCUT2D eigenvalue weighted by atomic mass is 9.44. The lowest BCUT2D eigenvalue weighted by Crippen LogP contribution is -2.58. The van der Waals surface area contributed by atoms with Gasteiger partial charge in [-0.3, -0.25) is 4.79 Å². The van der Waals surface area contributed by atoms with Crippen LogP contribution in [0.3, 0.4) is 0 Å². The van der Waals surface area contributed by atoms with Crippen molar-refractivity contribution in [3.8, 4) is 0 Å². The van der Waals surface area contributed by atoms with Gasteiger partial charge in [-0.2, -0.15) is 0 Å². The molecular formula is C21H32O4. The van der Waals surface area contributed by atoms with E-state index in [1.165, 1.54) is 6.42 Å². The number of carbonyl (C=O) groups excluding carboxylic acids is 1. The molecule has 9 atom stereocenters. The van der Waals surface area contributed by atoms with Gasteiger partial charge < -0.3 is 14.9 Å². The first-order valence-corrected chi connectivity index (χ1v) is 10.4. The maximum Gasteiger partial charge on any atom is 0.192 e. The van der Waals surface area contributed by atoms with Crippen molar-refractivity contribution in [2.24, 2.45) is 40.4 Å². The summed E-state index contributed by atoms with van der Waals surface area (Å²) in [7, 11) is 0. The smallest absolute Gasteiger partial charge is 0.192 e. The number of hydrogen-bond donors (Lipinski definition) is 2. The third kappa shape index (κ3) is 1.92. The number of ketones is 1. The number of fused-ring (bicyclic) bond motifs is 4. The van der Waals surface area contributed by atoms with Gasteiger partial charge in [-0.25, -0.2) is 0 Å². The van der Waals surface area contributed by atoms with Crippen LogP contribution in [-0.2, 0) is 9.53 Å². The van der Waals surface area contributed by atoms with Crippen LogP contribution < -0.4 is 0 Å². The fourth-order valence-electron chi connectivity index (χ4n) is 8.33. The Hall–Kier alpha value is -0.450. The number of aliphatic hydroxyl groups excluding tert-OH is 1. The molecule has 1 spiro atoms. The summed E-state index contributed by atoms with van der Waals surface area (Å²) in [6, 6.07) is 0. The van der Waals surface area contributed by atoms with Gasteiger partial charge in [-0.1, -0.05) is 13.8 Å². The van der Waals surface area contributed by atoms with E-state index in [1.54, 1.807) is 0 Å². The summed E-state index contributed by atoms with van der Waals surface area (Å²) in [4.78, 5) is 12.7. The van der Waals surface area contributed by atoms with Crippen LogP contribution in [0.2, 0.25) is 0 Å². The minimum Gasteiger partial charge on any atom is -0.388 e. The van der Waals surface area contributed by atoms with Gasteiger partial charge in [0.25, 0.3) is 0 Å². The average molecular weight is 348 g/mol. The van der Waals surface area contributed by atoms with Crippen molar-refractivity contribution in [1.29, 1.82) is 0 Å². The number of rotatable bonds is 1. The zero-order chi connectivity index (χ0) is 17.6. The number of hydrogen-bond acceptors (Lipinski definition) is 4. The fraction of sp³-hybridized carbons (Fsp3) is 0.952. The Balaban J connectivity index is 1.50. The summed E-state index contributed by atoms with van der Waals surface area (Å²) in [5, 5.41) is 21.1. The minimum atomic E-state index is -1.32. The van der Waals surface area contributed by atoms with Gasteiger partial charge in [-0.15, -0.1) is 0 Å². The first-order chi connectivity index (χ1) is 11.8. The average Bonchev–Trinajstić information content (AvgIpc) is 3.02. The molecule has 1 saturated heterocycles. The molecule has 5 rings (SSSR count). The first kappa shape index (κ1) is 16.7. The van der Waals surface area contributed by atoms with E-state index in [2.05, 4.69) is 13.8 Å². The molecule has 1 heterocycles. The van der Waals surface area contributed by atoms with Crippen molar-refractivity contribution < 1.29 is 19.7 Å². The summed E-state index contributed by atoms with van der Waals surface area (Å²) >= 11 is 0. The van der Waals surface area contributed by atoms with E-state index < -0.39 is 11.9 Å². The highest BCUT2D eigenvalue weighted by Gasteiger charge is 2.68. The first-order valence-electron chi connectivity index (χ1n) is 10.4.